The molecule has 5 nitrogen and oxygen atoms in total. The van der Waals surface area contributed by atoms with Gasteiger partial charge in [0.1, 0.15) is 11.8 Å². The third kappa shape index (κ3) is 6.53. The van der Waals surface area contributed by atoms with Gasteiger partial charge in [0, 0.05) is 19.6 Å². The Morgan fingerprint density at radius 2 is 2.20 bits per heavy atom. The first kappa shape index (κ1) is 16.4. The number of nitriles is 1. The van der Waals surface area contributed by atoms with E-state index in [4.69, 9.17) is 10.00 Å². The summed E-state index contributed by atoms with van der Waals surface area (Å²) in [6.07, 6.45) is 0. The zero-order chi connectivity index (χ0) is 15.0. The zero-order valence-corrected chi connectivity index (χ0v) is 12.4. The van der Waals surface area contributed by atoms with E-state index in [-0.39, 0.29) is 6.61 Å². The average Bonchev–Trinajstić information content (AvgIpc) is 2.35. The molecule has 0 aromatic heterocycles. The average molecular weight is 277 g/mol. The van der Waals surface area contributed by atoms with Crippen LogP contribution in [0.25, 0.3) is 0 Å². The Hall–Kier alpha value is -1.61. The van der Waals surface area contributed by atoms with Crippen LogP contribution in [0.5, 0.6) is 5.75 Å². The van der Waals surface area contributed by atoms with E-state index in [0.717, 1.165) is 5.56 Å². The summed E-state index contributed by atoms with van der Waals surface area (Å²) in [4.78, 5) is 1.96. The third-order valence-electron chi connectivity index (χ3n) is 2.69. The van der Waals surface area contributed by atoms with Crippen LogP contribution in [0.2, 0.25) is 0 Å². The maximum absolute atomic E-state index is 10.2. The Morgan fingerprint density at radius 1 is 1.45 bits per heavy atom. The second kappa shape index (κ2) is 7.85. The summed E-state index contributed by atoms with van der Waals surface area (Å²) in [5.41, 5.74) is 0.291. The van der Waals surface area contributed by atoms with Crippen molar-refractivity contribution in [3.63, 3.8) is 0 Å². The number of benzene rings is 1. The van der Waals surface area contributed by atoms with E-state index in [2.05, 4.69) is 5.32 Å². The molecule has 0 saturated heterocycles. The van der Waals surface area contributed by atoms with Gasteiger partial charge in [0.2, 0.25) is 0 Å². The first-order chi connectivity index (χ1) is 9.43. The molecule has 0 saturated carbocycles. The minimum Gasteiger partial charge on any atom is -0.479 e. The molecule has 0 bridgehead atoms. The van der Waals surface area contributed by atoms with Crippen molar-refractivity contribution in [2.75, 3.05) is 33.8 Å². The highest BCUT2D eigenvalue weighted by Crippen LogP contribution is 2.13. The van der Waals surface area contributed by atoms with E-state index >= 15 is 0 Å². The number of ether oxygens (including phenoxy) is 1. The summed E-state index contributed by atoms with van der Waals surface area (Å²) in [6.45, 7) is 3.62. The van der Waals surface area contributed by atoms with Gasteiger partial charge in [-0.25, -0.2) is 0 Å². The van der Waals surface area contributed by atoms with Crippen molar-refractivity contribution in [3.05, 3.63) is 29.8 Å². The van der Waals surface area contributed by atoms with Crippen LogP contribution >= 0.6 is 0 Å². The lowest BCUT2D eigenvalue weighted by molar-refractivity contribution is 0.0336. The molecule has 0 aliphatic rings. The number of hydrogen-bond acceptors (Lipinski definition) is 5. The maximum atomic E-state index is 10.2. The predicted octanol–water partition coefficient (Wildman–Crippen LogP) is 0.991. The fourth-order valence-corrected chi connectivity index (χ4v) is 2.07. The summed E-state index contributed by atoms with van der Waals surface area (Å²) in [5.74, 6) is 0.686. The standard InChI is InChI=1S/C15H23N3O2/c1-15(19,12-18(2)3)11-17-10-13-5-4-6-14(9-13)20-8-7-16/h4-6,9,17,19H,8,10-12H2,1-3H3. The van der Waals surface area contributed by atoms with Gasteiger partial charge in [-0.1, -0.05) is 12.1 Å². The van der Waals surface area contributed by atoms with Crippen LogP contribution in [0.15, 0.2) is 24.3 Å². The van der Waals surface area contributed by atoms with Crippen LogP contribution in [-0.2, 0) is 6.54 Å². The van der Waals surface area contributed by atoms with Gasteiger partial charge in [-0.15, -0.1) is 0 Å². The molecular formula is C15H23N3O2. The van der Waals surface area contributed by atoms with Crippen molar-refractivity contribution in [1.82, 2.24) is 10.2 Å². The Kier molecular flexibility index (Phi) is 6.46. The Bertz CT molecular complexity index is 453. The first-order valence-electron chi connectivity index (χ1n) is 6.59. The summed E-state index contributed by atoms with van der Waals surface area (Å²) in [7, 11) is 3.87. The van der Waals surface area contributed by atoms with Crippen molar-refractivity contribution >= 4 is 0 Å². The molecule has 2 N–H and O–H groups in total. The van der Waals surface area contributed by atoms with Gasteiger partial charge in [-0.05, 0) is 38.7 Å². The summed E-state index contributed by atoms with van der Waals surface area (Å²) >= 11 is 0. The van der Waals surface area contributed by atoms with E-state index < -0.39 is 5.60 Å². The van der Waals surface area contributed by atoms with Gasteiger partial charge in [-0.2, -0.15) is 5.26 Å². The minimum absolute atomic E-state index is 0.0500. The smallest absolute Gasteiger partial charge is 0.174 e. The van der Waals surface area contributed by atoms with E-state index in [1.165, 1.54) is 0 Å². The topological polar surface area (TPSA) is 68.5 Å². The van der Waals surface area contributed by atoms with Gasteiger partial charge in [0.05, 0.1) is 5.60 Å². The fraction of sp³-hybridized carbons (Fsp3) is 0.533. The molecule has 1 aromatic rings. The highest BCUT2D eigenvalue weighted by molar-refractivity contribution is 5.28. The molecule has 0 heterocycles. The van der Waals surface area contributed by atoms with E-state index in [1.54, 1.807) is 0 Å². The minimum atomic E-state index is -0.765. The maximum Gasteiger partial charge on any atom is 0.174 e. The molecule has 0 fully saturated rings. The number of nitrogens with zero attached hydrogens (tertiary/aromatic N) is 2. The Balaban J connectivity index is 2.44. The molecule has 0 aliphatic carbocycles. The van der Waals surface area contributed by atoms with Crippen LogP contribution in [0, 0.1) is 11.3 Å². The highest BCUT2D eigenvalue weighted by atomic mass is 16.5. The molecule has 20 heavy (non-hydrogen) atoms. The van der Waals surface area contributed by atoms with Crippen molar-refractivity contribution in [2.24, 2.45) is 0 Å². The molecule has 0 aliphatic heterocycles. The van der Waals surface area contributed by atoms with Crippen LogP contribution in [0.3, 0.4) is 0 Å². The number of nitrogens with one attached hydrogen (secondary N) is 1. The normalized spacial score (nSPS) is 13.8. The molecule has 0 spiro atoms. The lowest BCUT2D eigenvalue weighted by Gasteiger charge is -2.27. The third-order valence-corrected chi connectivity index (χ3v) is 2.69. The second-order valence-corrected chi connectivity index (χ2v) is 5.43. The van der Waals surface area contributed by atoms with Gasteiger partial charge in [0.25, 0.3) is 0 Å². The molecular weight excluding hydrogens is 254 g/mol. The molecule has 110 valence electrons. The van der Waals surface area contributed by atoms with Crippen molar-refractivity contribution in [2.45, 2.75) is 19.1 Å². The van der Waals surface area contributed by atoms with E-state index in [9.17, 15) is 5.11 Å². The summed E-state index contributed by atoms with van der Waals surface area (Å²) < 4.78 is 5.25. The highest BCUT2D eigenvalue weighted by Gasteiger charge is 2.20. The van der Waals surface area contributed by atoms with Crippen LogP contribution in [-0.4, -0.2) is 49.4 Å². The largest absolute Gasteiger partial charge is 0.479 e. The lowest BCUT2D eigenvalue weighted by Crippen LogP contribution is -2.45. The van der Waals surface area contributed by atoms with Gasteiger partial charge in [-0.3, -0.25) is 0 Å². The van der Waals surface area contributed by atoms with Crippen LogP contribution < -0.4 is 10.1 Å². The van der Waals surface area contributed by atoms with E-state index in [1.807, 2.05) is 56.3 Å². The SMILES string of the molecule is CN(C)CC(C)(O)CNCc1cccc(OCC#N)c1. The molecule has 5 heteroatoms. The monoisotopic (exact) mass is 277 g/mol. The Morgan fingerprint density at radius 3 is 2.85 bits per heavy atom. The lowest BCUT2D eigenvalue weighted by atomic mass is 10.1. The predicted molar refractivity (Wildman–Crippen MR) is 78.4 cm³/mol. The van der Waals surface area contributed by atoms with Gasteiger partial charge >= 0.3 is 0 Å². The van der Waals surface area contributed by atoms with Crippen molar-refractivity contribution in [3.8, 4) is 11.8 Å². The first-order valence-corrected chi connectivity index (χ1v) is 6.59. The van der Waals surface area contributed by atoms with Gasteiger partial charge in [0.15, 0.2) is 6.61 Å². The second-order valence-electron chi connectivity index (χ2n) is 5.43. The zero-order valence-electron chi connectivity index (χ0n) is 12.4. The number of likely N-dealkylation sites (N-methyl/N-ethyl adjacent to an activating group) is 1. The van der Waals surface area contributed by atoms with Crippen molar-refractivity contribution < 1.29 is 9.84 Å². The summed E-state index contributed by atoms with van der Waals surface area (Å²) in [5, 5.41) is 21.9. The van der Waals surface area contributed by atoms with Crippen molar-refractivity contribution in [1.29, 1.82) is 5.26 Å². The molecule has 0 amide bonds. The molecule has 1 rings (SSSR count). The van der Waals surface area contributed by atoms with Gasteiger partial charge < -0.3 is 20.1 Å². The molecule has 0 radical (unpaired) electrons. The quantitative estimate of drug-likeness (QED) is 0.741. The van der Waals surface area contributed by atoms with E-state index in [0.29, 0.717) is 25.4 Å². The Labute approximate surface area is 120 Å². The number of aliphatic hydroxyl groups is 1. The molecule has 1 unspecified atom stereocenters. The molecule has 1 atom stereocenters. The van der Waals surface area contributed by atoms with Crippen LogP contribution in [0.1, 0.15) is 12.5 Å². The number of hydrogen-bond donors (Lipinski definition) is 2. The fourth-order valence-electron chi connectivity index (χ4n) is 2.07. The summed E-state index contributed by atoms with van der Waals surface area (Å²) in [6, 6.07) is 9.53. The van der Waals surface area contributed by atoms with Crippen LogP contribution in [0.4, 0.5) is 0 Å². The molecule has 1 aromatic carbocycles. The number of rotatable bonds is 8.